The number of hydrogen-bond donors (Lipinski definition) is 0. The van der Waals surface area contributed by atoms with Crippen LogP contribution in [0.2, 0.25) is 0 Å². The lowest BCUT2D eigenvalue weighted by molar-refractivity contribution is 0.132. The van der Waals surface area contributed by atoms with Crippen LogP contribution in [0.25, 0.3) is 0 Å². The molecule has 151 valence electrons. The molecule has 0 aliphatic carbocycles. The SMILES string of the molecule is CC(C)c1cnc(N2CCC(C(C)Oc3c[c]cc(S(C)(=O)=O)c3)CC2)nc1. The Hall–Kier alpha value is -2.15. The number of aromatic nitrogens is 2. The number of anilines is 1. The number of ether oxygens (including phenoxy) is 1. The smallest absolute Gasteiger partial charge is 0.225 e. The molecule has 1 aromatic carbocycles. The van der Waals surface area contributed by atoms with E-state index in [2.05, 4.69) is 34.8 Å². The van der Waals surface area contributed by atoms with Crippen molar-refractivity contribution in [1.29, 1.82) is 0 Å². The number of benzene rings is 1. The first-order valence-electron chi connectivity index (χ1n) is 9.69. The molecule has 1 unspecified atom stereocenters. The Kier molecular flexibility index (Phi) is 6.23. The molecular weight excluding hydrogens is 374 g/mol. The largest absolute Gasteiger partial charge is 0.490 e. The van der Waals surface area contributed by atoms with Gasteiger partial charge in [0.1, 0.15) is 5.75 Å². The summed E-state index contributed by atoms with van der Waals surface area (Å²) in [5, 5.41) is 0. The van der Waals surface area contributed by atoms with Gasteiger partial charge >= 0.3 is 0 Å². The van der Waals surface area contributed by atoms with Crippen molar-refractivity contribution in [1.82, 2.24) is 9.97 Å². The Bertz CT molecular complexity index is 889. The van der Waals surface area contributed by atoms with E-state index < -0.39 is 9.84 Å². The summed E-state index contributed by atoms with van der Waals surface area (Å²) in [6.45, 7) is 8.08. The van der Waals surface area contributed by atoms with E-state index in [1.165, 1.54) is 12.3 Å². The fraction of sp³-hybridized carbons (Fsp3) is 0.524. The normalized spacial score (nSPS) is 17.0. The molecule has 2 aromatic rings. The summed E-state index contributed by atoms with van der Waals surface area (Å²) in [4.78, 5) is 11.5. The number of nitrogens with zero attached hydrogens (tertiary/aromatic N) is 3. The number of rotatable bonds is 6. The van der Waals surface area contributed by atoms with Crippen molar-refractivity contribution in [2.24, 2.45) is 5.92 Å². The van der Waals surface area contributed by atoms with E-state index in [0.29, 0.717) is 17.6 Å². The second-order valence-electron chi connectivity index (χ2n) is 7.80. The third-order valence-electron chi connectivity index (χ3n) is 5.30. The van der Waals surface area contributed by atoms with Gasteiger partial charge in [0, 0.05) is 31.7 Å². The Morgan fingerprint density at radius 3 is 2.36 bits per heavy atom. The Morgan fingerprint density at radius 1 is 1.14 bits per heavy atom. The summed E-state index contributed by atoms with van der Waals surface area (Å²) in [5.41, 5.74) is 1.15. The fourth-order valence-electron chi connectivity index (χ4n) is 3.38. The standard InChI is InChI=1S/C21H28N3O3S/c1-15(2)18-13-22-21(23-14-18)24-10-8-17(9-11-24)16(3)27-19-6-5-7-20(12-19)28(4,25)26/h6-7,12-17H,8-11H2,1-4H3. The monoisotopic (exact) mass is 402 g/mol. The van der Waals surface area contributed by atoms with Crippen molar-refractivity contribution in [3.05, 3.63) is 42.2 Å². The number of sulfone groups is 1. The molecule has 0 N–H and O–H groups in total. The minimum Gasteiger partial charge on any atom is -0.490 e. The summed E-state index contributed by atoms with van der Waals surface area (Å²) in [5.74, 6) is 2.15. The van der Waals surface area contributed by atoms with Gasteiger partial charge in [0.15, 0.2) is 9.84 Å². The van der Waals surface area contributed by atoms with Gasteiger partial charge in [-0.1, -0.05) is 13.8 Å². The van der Waals surface area contributed by atoms with Crippen molar-refractivity contribution in [3.8, 4) is 5.75 Å². The van der Waals surface area contributed by atoms with E-state index in [0.717, 1.165) is 37.4 Å². The molecule has 6 nitrogen and oxygen atoms in total. The van der Waals surface area contributed by atoms with Crippen molar-refractivity contribution >= 4 is 15.8 Å². The predicted octanol–water partition coefficient (Wildman–Crippen LogP) is 3.49. The predicted molar refractivity (Wildman–Crippen MR) is 110 cm³/mol. The van der Waals surface area contributed by atoms with E-state index >= 15 is 0 Å². The molecule has 0 bridgehead atoms. The van der Waals surface area contributed by atoms with Gasteiger partial charge < -0.3 is 9.64 Å². The Balaban J connectivity index is 1.57. The molecule has 0 amide bonds. The first-order valence-corrected chi connectivity index (χ1v) is 11.6. The number of piperidine rings is 1. The van der Waals surface area contributed by atoms with Crippen molar-refractivity contribution in [2.75, 3.05) is 24.2 Å². The van der Waals surface area contributed by atoms with Crippen LogP contribution in [0.1, 0.15) is 45.1 Å². The maximum atomic E-state index is 11.7. The second-order valence-corrected chi connectivity index (χ2v) is 9.81. The molecule has 2 heterocycles. The molecule has 1 atom stereocenters. The lowest BCUT2D eigenvalue weighted by Crippen LogP contribution is -2.39. The zero-order valence-electron chi connectivity index (χ0n) is 16.9. The molecule has 3 rings (SSSR count). The summed E-state index contributed by atoms with van der Waals surface area (Å²) >= 11 is 0. The number of hydrogen-bond acceptors (Lipinski definition) is 6. The Labute approximate surface area is 167 Å². The third-order valence-corrected chi connectivity index (χ3v) is 6.39. The summed E-state index contributed by atoms with van der Waals surface area (Å²) in [6, 6.07) is 7.58. The van der Waals surface area contributed by atoms with Gasteiger partial charge in [0.2, 0.25) is 5.95 Å². The van der Waals surface area contributed by atoms with Gasteiger partial charge in [-0.15, -0.1) is 0 Å². The Morgan fingerprint density at radius 2 is 1.79 bits per heavy atom. The van der Waals surface area contributed by atoms with Gasteiger partial charge in [0.25, 0.3) is 0 Å². The molecule has 28 heavy (non-hydrogen) atoms. The molecule has 1 aliphatic heterocycles. The molecular formula is C21H28N3O3S. The van der Waals surface area contributed by atoms with Crippen LogP contribution < -0.4 is 9.64 Å². The lowest BCUT2D eigenvalue weighted by Gasteiger charge is -2.34. The van der Waals surface area contributed by atoms with E-state index in [1.54, 1.807) is 12.1 Å². The maximum Gasteiger partial charge on any atom is 0.225 e. The van der Waals surface area contributed by atoms with Crippen LogP contribution in [0.4, 0.5) is 5.95 Å². The summed E-state index contributed by atoms with van der Waals surface area (Å²) in [6.07, 6.45) is 6.97. The first-order chi connectivity index (χ1) is 13.2. The maximum absolute atomic E-state index is 11.7. The van der Waals surface area contributed by atoms with Crippen molar-refractivity contribution in [3.63, 3.8) is 0 Å². The molecule has 1 aliphatic rings. The van der Waals surface area contributed by atoms with Crippen LogP contribution in [0.15, 0.2) is 35.5 Å². The van der Waals surface area contributed by atoms with Crippen LogP contribution in [0.5, 0.6) is 5.75 Å². The molecule has 7 heteroatoms. The van der Waals surface area contributed by atoms with Gasteiger partial charge in [-0.3, -0.25) is 0 Å². The van der Waals surface area contributed by atoms with Crippen LogP contribution in [-0.4, -0.2) is 43.8 Å². The van der Waals surface area contributed by atoms with E-state index in [1.807, 2.05) is 19.3 Å². The van der Waals surface area contributed by atoms with Crippen molar-refractivity contribution < 1.29 is 13.2 Å². The van der Waals surface area contributed by atoms with Crippen LogP contribution >= 0.6 is 0 Å². The quantitative estimate of drug-likeness (QED) is 0.736. The molecule has 0 saturated carbocycles. The topological polar surface area (TPSA) is 72.4 Å². The van der Waals surface area contributed by atoms with Crippen molar-refractivity contribution in [2.45, 2.75) is 50.5 Å². The van der Waals surface area contributed by atoms with Gasteiger partial charge in [0.05, 0.1) is 11.0 Å². The summed E-state index contributed by atoms with van der Waals surface area (Å²) in [7, 11) is -3.26. The van der Waals surface area contributed by atoms with E-state index in [-0.39, 0.29) is 11.0 Å². The van der Waals surface area contributed by atoms with Crippen LogP contribution in [-0.2, 0) is 9.84 Å². The highest BCUT2D eigenvalue weighted by atomic mass is 32.2. The highest BCUT2D eigenvalue weighted by molar-refractivity contribution is 7.90. The van der Waals surface area contributed by atoms with Gasteiger partial charge in [-0.25, -0.2) is 18.4 Å². The van der Waals surface area contributed by atoms with E-state index in [4.69, 9.17) is 4.74 Å². The molecule has 1 radical (unpaired) electrons. The fourth-order valence-corrected chi connectivity index (χ4v) is 4.00. The lowest BCUT2D eigenvalue weighted by atomic mass is 9.92. The zero-order chi connectivity index (χ0) is 20.3. The molecule has 1 saturated heterocycles. The van der Waals surface area contributed by atoms with Crippen LogP contribution in [0.3, 0.4) is 0 Å². The highest BCUT2D eigenvalue weighted by Gasteiger charge is 2.26. The molecule has 1 aromatic heterocycles. The molecule has 1 fully saturated rings. The first kappa shape index (κ1) is 20.6. The second kappa shape index (κ2) is 8.47. The van der Waals surface area contributed by atoms with Crippen LogP contribution in [0, 0.1) is 12.0 Å². The highest BCUT2D eigenvalue weighted by Crippen LogP contribution is 2.27. The molecule has 0 spiro atoms. The third kappa shape index (κ3) is 5.01. The summed E-state index contributed by atoms with van der Waals surface area (Å²) < 4.78 is 29.4. The van der Waals surface area contributed by atoms with Gasteiger partial charge in [-0.05, 0) is 61.4 Å². The zero-order valence-corrected chi connectivity index (χ0v) is 17.7. The van der Waals surface area contributed by atoms with E-state index in [9.17, 15) is 8.42 Å². The minimum atomic E-state index is -3.26. The average molecular weight is 403 g/mol. The minimum absolute atomic E-state index is 0.00500. The van der Waals surface area contributed by atoms with Gasteiger partial charge in [-0.2, -0.15) is 0 Å². The average Bonchev–Trinajstić information content (AvgIpc) is 2.68.